The van der Waals surface area contributed by atoms with Crippen LogP contribution in [0.25, 0.3) is 11.4 Å². The van der Waals surface area contributed by atoms with Crippen LogP contribution in [0.2, 0.25) is 0 Å². The van der Waals surface area contributed by atoms with Gasteiger partial charge in [-0.3, -0.25) is 0 Å². The van der Waals surface area contributed by atoms with E-state index in [0.29, 0.717) is 43.9 Å². The third-order valence-electron chi connectivity index (χ3n) is 6.38. The number of hydrogen-bond acceptors (Lipinski definition) is 7. The van der Waals surface area contributed by atoms with Gasteiger partial charge in [-0.05, 0) is 57.0 Å². The second-order valence-electron chi connectivity index (χ2n) is 8.58. The summed E-state index contributed by atoms with van der Waals surface area (Å²) in [6, 6.07) is 8.52. The largest absolute Gasteiger partial charge is 0.419 e. The number of rotatable bonds is 6. The molecule has 0 atom stereocenters. The molecule has 3 aromatic rings. The Morgan fingerprint density at radius 2 is 1.57 bits per heavy atom. The van der Waals surface area contributed by atoms with Crippen LogP contribution in [-0.2, 0) is 6.18 Å². The van der Waals surface area contributed by atoms with Crippen molar-refractivity contribution in [2.75, 3.05) is 54.0 Å². The predicted molar refractivity (Wildman–Crippen MR) is 132 cm³/mol. The maximum atomic E-state index is 13.5. The second kappa shape index (κ2) is 10.1. The molecule has 2 aromatic heterocycles. The van der Waals surface area contributed by atoms with Crippen molar-refractivity contribution in [3.05, 3.63) is 53.2 Å². The maximum absolute atomic E-state index is 13.5. The summed E-state index contributed by atoms with van der Waals surface area (Å²) in [5.41, 5.74) is 2.54. The molecule has 1 aliphatic rings. The van der Waals surface area contributed by atoms with Crippen molar-refractivity contribution < 1.29 is 13.2 Å². The van der Waals surface area contributed by atoms with Crippen LogP contribution in [0.15, 0.2) is 36.5 Å². The van der Waals surface area contributed by atoms with Crippen molar-refractivity contribution in [3.8, 4) is 11.4 Å². The molecule has 10 heteroatoms. The molecule has 1 aliphatic heterocycles. The Hall–Kier alpha value is -3.43. The van der Waals surface area contributed by atoms with Crippen LogP contribution in [-0.4, -0.2) is 59.2 Å². The Labute approximate surface area is 203 Å². The van der Waals surface area contributed by atoms with Crippen molar-refractivity contribution in [3.63, 3.8) is 0 Å². The van der Waals surface area contributed by atoms with E-state index in [2.05, 4.69) is 35.9 Å². The minimum Gasteiger partial charge on any atom is -0.353 e. The van der Waals surface area contributed by atoms with Gasteiger partial charge in [0.2, 0.25) is 11.9 Å². The van der Waals surface area contributed by atoms with Gasteiger partial charge in [-0.1, -0.05) is 12.1 Å². The summed E-state index contributed by atoms with van der Waals surface area (Å²) in [6.45, 7) is 11.4. The van der Waals surface area contributed by atoms with Gasteiger partial charge in [0.25, 0.3) is 0 Å². The number of hydrogen-bond donors (Lipinski definition) is 0. The number of halogens is 3. The molecule has 0 amide bonds. The maximum Gasteiger partial charge on any atom is 0.419 e. The Kier molecular flexibility index (Phi) is 7.09. The molecule has 1 fully saturated rings. The fourth-order valence-electron chi connectivity index (χ4n) is 4.14. The number of alkyl halides is 3. The van der Waals surface area contributed by atoms with Gasteiger partial charge in [0.15, 0.2) is 5.82 Å². The van der Waals surface area contributed by atoms with E-state index in [0.717, 1.165) is 30.3 Å². The van der Waals surface area contributed by atoms with Crippen LogP contribution in [0, 0.1) is 13.8 Å². The van der Waals surface area contributed by atoms with E-state index in [9.17, 15) is 13.2 Å². The molecule has 0 saturated carbocycles. The summed E-state index contributed by atoms with van der Waals surface area (Å²) in [7, 11) is 0. The summed E-state index contributed by atoms with van der Waals surface area (Å²) >= 11 is 0. The lowest BCUT2D eigenvalue weighted by Crippen LogP contribution is -2.48. The summed E-state index contributed by atoms with van der Waals surface area (Å²) in [6.07, 6.45) is -3.05. The Morgan fingerprint density at radius 3 is 2.20 bits per heavy atom. The van der Waals surface area contributed by atoms with Gasteiger partial charge >= 0.3 is 6.18 Å². The zero-order chi connectivity index (χ0) is 25.2. The van der Waals surface area contributed by atoms with E-state index in [1.165, 1.54) is 17.8 Å². The number of piperazine rings is 1. The van der Waals surface area contributed by atoms with Crippen LogP contribution in [0.4, 0.5) is 30.9 Å². The molecule has 35 heavy (non-hydrogen) atoms. The highest BCUT2D eigenvalue weighted by atomic mass is 19.4. The van der Waals surface area contributed by atoms with E-state index in [1.807, 2.05) is 24.8 Å². The molecule has 1 saturated heterocycles. The number of nitrogens with zero attached hydrogens (tertiary/aromatic N) is 7. The molecule has 186 valence electrons. The normalized spacial score (nSPS) is 14.4. The molecular weight excluding hydrogens is 455 g/mol. The molecule has 4 rings (SSSR count). The van der Waals surface area contributed by atoms with E-state index in [4.69, 9.17) is 15.0 Å². The highest BCUT2D eigenvalue weighted by molar-refractivity contribution is 5.61. The van der Waals surface area contributed by atoms with Crippen LogP contribution in [0.3, 0.4) is 0 Å². The zero-order valence-electron chi connectivity index (χ0n) is 20.5. The van der Waals surface area contributed by atoms with Crippen LogP contribution < -0.4 is 14.7 Å². The standard InChI is InChI=1S/C25H30F3N7/c1-5-33(6-2)23-30-21(19-10-9-17(3)18(4)16-19)31-24(32-23)35-14-12-34(13-15-35)22-20(25(26,27)28)8-7-11-29-22/h7-11,16H,5-6,12-15H2,1-4H3. The summed E-state index contributed by atoms with van der Waals surface area (Å²) < 4.78 is 40.4. The fraction of sp³-hybridized carbons (Fsp3) is 0.440. The average molecular weight is 486 g/mol. The quantitative estimate of drug-likeness (QED) is 0.500. The molecule has 3 heterocycles. The lowest BCUT2D eigenvalue weighted by molar-refractivity contribution is -0.137. The van der Waals surface area contributed by atoms with Crippen LogP contribution in [0.5, 0.6) is 0 Å². The molecule has 0 radical (unpaired) electrons. The van der Waals surface area contributed by atoms with Crippen LogP contribution >= 0.6 is 0 Å². The summed E-state index contributed by atoms with van der Waals surface area (Å²) in [4.78, 5) is 24.0. The molecule has 1 aromatic carbocycles. The van der Waals surface area contributed by atoms with Gasteiger partial charge in [-0.25, -0.2) is 4.98 Å². The third kappa shape index (κ3) is 5.31. The van der Waals surface area contributed by atoms with Gasteiger partial charge in [0.05, 0.1) is 5.56 Å². The molecule has 0 N–H and O–H groups in total. The van der Waals surface area contributed by atoms with E-state index in [1.54, 1.807) is 4.90 Å². The lowest BCUT2D eigenvalue weighted by Gasteiger charge is -2.36. The Bertz CT molecular complexity index is 1170. The molecule has 7 nitrogen and oxygen atoms in total. The van der Waals surface area contributed by atoms with Gasteiger partial charge in [0, 0.05) is 51.0 Å². The molecule has 0 spiro atoms. The Morgan fingerprint density at radius 1 is 0.886 bits per heavy atom. The Balaban J connectivity index is 1.63. The summed E-state index contributed by atoms with van der Waals surface area (Å²) in [5, 5.41) is 0. The fourth-order valence-corrected chi connectivity index (χ4v) is 4.14. The second-order valence-corrected chi connectivity index (χ2v) is 8.58. The predicted octanol–water partition coefficient (Wildman–Crippen LogP) is 4.74. The zero-order valence-corrected chi connectivity index (χ0v) is 20.5. The topological polar surface area (TPSA) is 61.3 Å². The van der Waals surface area contributed by atoms with Gasteiger partial charge in [-0.2, -0.15) is 28.1 Å². The highest BCUT2D eigenvalue weighted by Gasteiger charge is 2.36. The molecular formula is C25H30F3N7. The van der Waals surface area contributed by atoms with E-state index in [-0.39, 0.29) is 5.82 Å². The van der Waals surface area contributed by atoms with Crippen molar-refractivity contribution in [2.45, 2.75) is 33.9 Å². The number of pyridine rings is 1. The van der Waals surface area contributed by atoms with Gasteiger partial charge < -0.3 is 14.7 Å². The lowest BCUT2D eigenvalue weighted by atomic mass is 10.1. The number of aryl methyl sites for hydroxylation is 2. The highest BCUT2D eigenvalue weighted by Crippen LogP contribution is 2.35. The first kappa shape index (κ1) is 24.7. The SMILES string of the molecule is CCN(CC)c1nc(-c2ccc(C)c(C)c2)nc(N2CCN(c3ncccc3C(F)(F)F)CC2)n1. The first-order chi connectivity index (χ1) is 16.7. The van der Waals surface area contributed by atoms with Crippen molar-refractivity contribution >= 4 is 17.7 Å². The average Bonchev–Trinajstić information content (AvgIpc) is 2.86. The van der Waals surface area contributed by atoms with Gasteiger partial charge in [-0.15, -0.1) is 0 Å². The van der Waals surface area contributed by atoms with Crippen molar-refractivity contribution in [1.29, 1.82) is 0 Å². The first-order valence-corrected chi connectivity index (χ1v) is 11.8. The van der Waals surface area contributed by atoms with E-state index < -0.39 is 11.7 Å². The van der Waals surface area contributed by atoms with Gasteiger partial charge in [0.1, 0.15) is 5.82 Å². The third-order valence-corrected chi connectivity index (χ3v) is 6.38. The molecule has 0 aliphatic carbocycles. The first-order valence-electron chi connectivity index (χ1n) is 11.8. The van der Waals surface area contributed by atoms with Crippen molar-refractivity contribution in [2.24, 2.45) is 0 Å². The molecule has 0 unspecified atom stereocenters. The number of anilines is 3. The van der Waals surface area contributed by atoms with Crippen LogP contribution in [0.1, 0.15) is 30.5 Å². The minimum absolute atomic E-state index is 0.0325. The monoisotopic (exact) mass is 485 g/mol. The molecule has 0 bridgehead atoms. The summed E-state index contributed by atoms with van der Waals surface area (Å²) in [5.74, 6) is 1.69. The van der Waals surface area contributed by atoms with E-state index >= 15 is 0 Å². The number of aromatic nitrogens is 4. The van der Waals surface area contributed by atoms with Crippen molar-refractivity contribution in [1.82, 2.24) is 19.9 Å². The minimum atomic E-state index is -4.45. The number of benzene rings is 1. The smallest absolute Gasteiger partial charge is 0.353 e.